The van der Waals surface area contributed by atoms with Gasteiger partial charge in [0.1, 0.15) is 5.82 Å². The minimum Gasteiger partial charge on any atom is -0.393 e. The molecule has 1 fully saturated rings. The molecule has 1 aliphatic carbocycles. The molecule has 2 unspecified atom stereocenters. The summed E-state index contributed by atoms with van der Waals surface area (Å²) in [6.45, 7) is 0.462. The van der Waals surface area contributed by atoms with Crippen LogP contribution in [0.3, 0.4) is 0 Å². The Hall–Kier alpha value is -0.640. The van der Waals surface area contributed by atoms with Crippen molar-refractivity contribution in [2.45, 2.75) is 44.4 Å². The molecule has 1 aromatic rings. The highest BCUT2D eigenvalue weighted by atomic mass is 35.5. The van der Waals surface area contributed by atoms with E-state index in [1.807, 2.05) is 0 Å². The minimum absolute atomic E-state index is 0.217. The molecule has 0 heterocycles. The van der Waals surface area contributed by atoms with Crippen LogP contribution in [-0.4, -0.2) is 17.3 Å². The highest BCUT2D eigenvalue weighted by Gasteiger charge is 2.19. The number of nitrogens with one attached hydrogen (secondary N) is 1. The van der Waals surface area contributed by atoms with Gasteiger partial charge in [0, 0.05) is 23.2 Å². The van der Waals surface area contributed by atoms with Crippen molar-refractivity contribution in [2.24, 2.45) is 0 Å². The van der Waals surface area contributed by atoms with E-state index in [1.165, 1.54) is 6.07 Å². The Kier molecular flexibility index (Phi) is 4.37. The molecule has 2 rings (SSSR count). The summed E-state index contributed by atoms with van der Waals surface area (Å²) in [7, 11) is 0. The summed E-state index contributed by atoms with van der Waals surface area (Å²) in [5.74, 6) is -0.238. The second-order valence-electron chi connectivity index (χ2n) is 4.63. The second-order valence-corrected chi connectivity index (χ2v) is 5.07. The number of aliphatic hydroxyl groups excluding tert-OH is 1. The van der Waals surface area contributed by atoms with Gasteiger partial charge in [-0.2, -0.15) is 0 Å². The van der Waals surface area contributed by atoms with E-state index < -0.39 is 0 Å². The molecule has 17 heavy (non-hydrogen) atoms. The van der Waals surface area contributed by atoms with Gasteiger partial charge in [-0.15, -0.1) is 0 Å². The lowest BCUT2D eigenvalue weighted by atomic mass is 9.93. The van der Waals surface area contributed by atoms with E-state index in [1.54, 1.807) is 12.1 Å². The molecule has 2 atom stereocenters. The number of benzene rings is 1. The monoisotopic (exact) mass is 257 g/mol. The molecule has 1 aliphatic rings. The molecule has 0 spiro atoms. The summed E-state index contributed by atoms with van der Waals surface area (Å²) >= 11 is 5.83. The predicted molar refractivity (Wildman–Crippen MR) is 66.5 cm³/mol. The van der Waals surface area contributed by atoms with Gasteiger partial charge in [0.05, 0.1) is 6.10 Å². The summed E-state index contributed by atoms with van der Waals surface area (Å²) in [6.07, 6.45) is 3.48. The summed E-state index contributed by atoms with van der Waals surface area (Å²) in [4.78, 5) is 0. The van der Waals surface area contributed by atoms with Gasteiger partial charge in [-0.3, -0.25) is 0 Å². The Labute approximate surface area is 106 Å². The molecule has 1 saturated carbocycles. The van der Waals surface area contributed by atoms with Gasteiger partial charge in [-0.1, -0.05) is 11.6 Å². The fourth-order valence-electron chi connectivity index (χ4n) is 2.28. The van der Waals surface area contributed by atoms with Crippen LogP contribution in [-0.2, 0) is 6.54 Å². The van der Waals surface area contributed by atoms with Crippen LogP contribution in [0.25, 0.3) is 0 Å². The Morgan fingerprint density at radius 2 is 2.24 bits per heavy atom. The lowest BCUT2D eigenvalue weighted by Gasteiger charge is -2.26. The van der Waals surface area contributed by atoms with E-state index in [-0.39, 0.29) is 18.0 Å². The molecule has 2 N–H and O–H groups in total. The zero-order valence-electron chi connectivity index (χ0n) is 9.63. The van der Waals surface area contributed by atoms with Crippen LogP contribution < -0.4 is 5.32 Å². The van der Waals surface area contributed by atoms with Gasteiger partial charge in [-0.25, -0.2) is 4.39 Å². The van der Waals surface area contributed by atoms with E-state index in [4.69, 9.17) is 11.6 Å². The smallest absolute Gasteiger partial charge is 0.127 e. The van der Waals surface area contributed by atoms with Gasteiger partial charge in [0.2, 0.25) is 0 Å². The van der Waals surface area contributed by atoms with E-state index in [2.05, 4.69) is 5.32 Å². The van der Waals surface area contributed by atoms with Crippen LogP contribution in [0.4, 0.5) is 4.39 Å². The number of hydrogen-bond acceptors (Lipinski definition) is 2. The Balaban J connectivity index is 1.90. The molecule has 0 amide bonds. The minimum atomic E-state index is -0.238. The first kappa shape index (κ1) is 12.8. The molecule has 4 heteroatoms. The number of aliphatic hydroxyl groups is 1. The molecule has 0 bridgehead atoms. The first-order valence-electron chi connectivity index (χ1n) is 6.00. The first-order valence-corrected chi connectivity index (χ1v) is 6.38. The Morgan fingerprint density at radius 3 is 3.00 bits per heavy atom. The van der Waals surface area contributed by atoms with Crippen molar-refractivity contribution in [3.8, 4) is 0 Å². The van der Waals surface area contributed by atoms with Crippen molar-refractivity contribution in [1.82, 2.24) is 5.32 Å². The molecular formula is C13H17ClFNO. The number of hydrogen-bond donors (Lipinski definition) is 2. The lowest BCUT2D eigenvalue weighted by Crippen LogP contribution is -2.35. The summed E-state index contributed by atoms with van der Waals surface area (Å²) in [5.41, 5.74) is 0.581. The van der Waals surface area contributed by atoms with Crippen molar-refractivity contribution in [2.75, 3.05) is 0 Å². The van der Waals surface area contributed by atoms with Gasteiger partial charge in [-0.05, 0) is 43.9 Å². The van der Waals surface area contributed by atoms with Crippen molar-refractivity contribution < 1.29 is 9.50 Å². The number of halogens is 2. The average Bonchev–Trinajstić information content (AvgIpc) is 2.30. The van der Waals surface area contributed by atoms with Crippen LogP contribution in [0.5, 0.6) is 0 Å². The van der Waals surface area contributed by atoms with Gasteiger partial charge in [0.15, 0.2) is 0 Å². The highest BCUT2D eigenvalue weighted by molar-refractivity contribution is 6.30. The Morgan fingerprint density at radius 1 is 1.41 bits per heavy atom. The first-order chi connectivity index (χ1) is 8.15. The lowest BCUT2D eigenvalue weighted by molar-refractivity contribution is 0.111. The summed E-state index contributed by atoms with van der Waals surface area (Å²) in [6, 6.07) is 4.85. The fourth-order valence-corrected chi connectivity index (χ4v) is 2.48. The maximum Gasteiger partial charge on any atom is 0.127 e. The summed E-state index contributed by atoms with van der Waals surface area (Å²) in [5, 5.41) is 13.4. The van der Waals surface area contributed by atoms with Crippen LogP contribution in [0, 0.1) is 5.82 Å². The predicted octanol–water partition coefficient (Wildman–Crippen LogP) is 2.87. The average molecular weight is 258 g/mol. The maximum atomic E-state index is 13.5. The standard InChI is InChI=1S/C13H17ClFNO/c14-10-4-5-13(15)9(6-10)8-16-11-2-1-3-12(17)7-11/h4-6,11-12,16-17H,1-3,7-8H2. The van der Waals surface area contributed by atoms with Crippen LogP contribution in [0.15, 0.2) is 18.2 Å². The second kappa shape index (κ2) is 5.80. The molecule has 1 aromatic carbocycles. The molecule has 0 saturated heterocycles. The molecule has 0 aliphatic heterocycles. The van der Waals surface area contributed by atoms with Crippen molar-refractivity contribution in [3.63, 3.8) is 0 Å². The summed E-state index contributed by atoms with van der Waals surface area (Å²) < 4.78 is 13.5. The third-order valence-electron chi connectivity index (χ3n) is 3.24. The van der Waals surface area contributed by atoms with Crippen molar-refractivity contribution >= 4 is 11.6 Å². The third-order valence-corrected chi connectivity index (χ3v) is 3.47. The third kappa shape index (κ3) is 3.66. The number of rotatable bonds is 3. The van der Waals surface area contributed by atoms with Crippen LogP contribution in [0.1, 0.15) is 31.2 Å². The fraction of sp³-hybridized carbons (Fsp3) is 0.538. The van der Waals surface area contributed by atoms with Crippen molar-refractivity contribution in [1.29, 1.82) is 0 Å². The van der Waals surface area contributed by atoms with Crippen LogP contribution in [0.2, 0.25) is 5.02 Å². The molecule has 0 radical (unpaired) electrons. The SMILES string of the molecule is OC1CCCC(NCc2cc(Cl)ccc2F)C1. The molecular weight excluding hydrogens is 241 g/mol. The largest absolute Gasteiger partial charge is 0.393 e. The van der Waals surface area contributed by atoms with Gasteiger partial charge in [0.25, 0.3) is 0 Å². The maximum absolute atomic E-state index is 13.5. The normalized spacial score (nSPS) is 24.9. The molecule has 0 aromatic heterocycles. The van der Waals surface area contributed by atoms with Gasteiger partial charge < -0.3 is 10.4 Å². The van der Waals surface area contributed by atoms with E-state index >= 15 is 0 Å². The quantitative estimate of drug-likeness (QED) is 0.873. The van der Waals surface area contributed by atoms with Gasteiger partial charge >= 0.3 is 0 Å². The van der Waals surface area contributed by atoms with E-state index in [0.29, 0.717) is 17.1 Å². The van der Waals surface area contributed by atoms with E-state index in [0.717, 1.165) is 25.7 Å². The van der Waals surface area contributed by atoms with Crippen LogP contribution >= 0.6 is 11.6 Å². The zero-order valence-corrected chi connectivity index (χ0v) is 10.4. The molecule has 2 nitrogen and oxygen atoms in total. The zero-order chi connectivity index (χ0) is 12.3. The molecule has 94 valence electrons. The topological polar surface area (TPSA) is 32.3 Å². The Bertz CT molecular complexity index is 386. The van der Waals surface area contributed by atoms with Crippen molar-refractivity contribution in [3.05, 3.63) is 34.6 Å². The van der Waals surface area contributed by atoms with E-state index in [9.17, 15) is 9.50 Å². The highest BCUT2D eigenvalue weighted by Crippen LogP contribution is 2.20.